The Morgan fingerprint density at radius 1 is 1.39 bits per heavy atom. The quantitative estimate of drug-likeness (QED) is 0.780. The lowest BCUT2D eigenvalue weighted by atomic mass is 10.1. The summed E-state index contributed by atoms with van der Waals surface area (Å²) in [6.07, 6.45) is 6.69. The van der Waals surface area contributed by atoms with E-state index in [2.05, 4.69) is 38.2 Å². The molecular weight excluding hydrogens is 372 g/mol. The van der Waals surface area contributed by atoms with Crippen LogP contribution in [0.25, 0.3) is 16.3 Å². The van der Waals surface area contributed by atoms with Crippen molar-refractivity contribution < 1.29 is 0 Å². The number of pyridine rings is 1. The number of allylic oxidation sites excluding steroid dienone is 3. The molecule has 0 aliphatic carbocycles. The van der Waals surface area contributed by atoms with E-state index in [0.29, 0.717) is 22.7 Å². The molecular formula is C19H16N8S. The van der Waals surface area contributed by atoms with Crippen molar-refractivity contribution in [2.24, 2.45) is 5.10 Å². The number of nitrogens with zero attached hydrogens (tertiary/aromatic N) is 7. The van der Waals surface area contributed by atoms with Crippen LogP contribution in [0.2, 0.25) is 0 Å². The van der Waals surface area contributed by atoms with E-state index < -0.39 is 0 Å². The molecule has 8 nitrogen and oxygen atoms in total. The van der Waals surface area contributed by atoms with E-state index in [1.54, 1.807) is 17.3 Å². The summed E-state index contributed by atoms with van der Waals surface area (Å²) in [5.74, 6) is 0. The largest absolute Gasteiger partial charge is 0.372 e. The summed E-state index contributed by atoms with van der Waals surface area (Å²) in [5, 5.41) is 36.8. The van der Waals surface area contributed by atoms with Crippen LogP contribution in [0.1, 0.15) is 17.6 Å². The maximum absolute atomic E-state index is 9.03. The lowest BCUT2D eigenvalue weighted by molar-refractivity contribution is 0.537. The van der Waals surface area contributed by atoms with E-state index in [4.69, 9.17) is 10.5 Å². The van der Waals surface area contributed by atoms with Gasteiger partial charge in [-0.3, -0.25) is 4.98 Å². The molecule has 0 bridgehead atoms. The third kappa shape index (κ3) is 3.80. The Hall–Kier alpha value is -3.82. The molecule has 9 heteroatoms. The first-order valence-corrected chi connectivity index (χ1v) is 9.12. The number of rotatable bonds is 5. The van der Waals surface area contributed by atoms with Gasteiger partial charge in [-0.2, -0.15) is 15.6 Å². The van der Waals surface area contributed by atoms with Gasteiger partial charge >= 0.3 is 0 Å². The normalized spacial score (nSPS) is 13.7. The Kier molecular flexibility index (Phi) is 5.58. The highest BCUT2D eigenvalue weighted by Crippen LogP contribution is 2.33. The molecule has 0 amide bonds. The fourth-order valence-corrected chi connectivity index (χ4v) is 3.30. The van der Waals surface area contributed by atoms with Gasteiger partial charge in [0.2, 0.25) is 0 Å². The van der Waals surface area contributed by atoms with Crippen molar-refractivity contribution in [2.75, 3.05) is 11.9 Å². The third-order valence-electron chi connectivity index (χ3n) is 3.82. The molecule has 0 radical (unpaired) electrons. The first-order chi connectivity index (χ1) is 13.6. The van der Waals surface area contributed by atoms with Gasteiger partial charge in [0.25, 0.3) is 0 Å². The Bertz CT molecular complexity index is 1090. The molecule has 0 saturated heterocycles. The first-order valence-electron chi connectivity index (χ1n) is 8.30. The number of hydrazone groups is 1. The van der Waals surface area contributed by atoms with E-state index in [9.17, 15) is 0 Å². The lowest BCUT2D eigenvalue weighted by Crippen LogP contribution is -2.18. The van der Waals surface area contributed by atoms with Crippen molar-refractivity contribution in [3.8, 4) is 22.7 Å². The molecule has 3 rings (SSSR count). The van der Waals surface area contributed by atoms with Gasteiger partial charge in [-0.15, -0.1) is 10.2 Å². The van der Waals surface area contributed by atoms with Crippen molar-refractivity contribution in [3.63, 3.8) is 0 Å². The standard InChI is InChI=1S/C19H16N8S/c1-4-18(27-12(2)7-14(9-21)10-24-27)17-8-16(22-6-5-20)15(11-23-17)19-26-25-13(3)28-19/h4,7-8,10-11H,2,6H2,1,3H3,(H,22,23)/b18-4-. The molecule has 2 aromatic rings. The summed E-state index contributed by atoms with van der Waals surface area (Å²) < 4.78 is 0. The highest BCUT2D eigenvalue weighted by atomic mass is 32.1. The van der Waals surface area contributed by atoms with E-state index >= 15 is 0 Å². The van der Waals surface area contributed by atoms with E-state index in [1.165, 1.54) is 17.6 Å². The third-order valence-corrected chi connectivity index (χ3v) is 4.69. The average Bonchev–Trinajstić information content (AvgIpc) is 3.14. The number of anilines is 1. The Morgan fingerprint density at radius 2 is 2.21 bits per heavy atom. The summed E-state index contributed by atoms with van der Waals surface area (Å²) in [4.78, 5) is 4.56. The summed E-state index contributed by atoms with van der Waals surface area (Å²) in [6.45, 7) is 7.86. The summed E-state index contributed by atoms with van der Waals surface area (Å²) in [5.41, 5.74) is 3.83. The van der Waals surface area contributed by atoms with Crippen LogP contribution in [0.5, 0.6) is 0 Å². The fourth-order valence-electron chi connectivity index (χ4n) is 2.58. The van der Waals surface area contributed by atoms with Crippen molar-refractivity contribution in [3.05, 3.63) is 53.0 Å². The van der Waals surface area contributed by atoms with Crippen LogP contribution in [-0.2, 0) is 0 Å². The van der Waals surface area contributed by atoms with Gasteiger partial charge < -0.3 is 5.32 Å². The second-order valence-corrected chi connectivity index (χ2v) is 6.87. The predicted molar refractivity (Wildman–Crippen MR) is 109 cm³/mol. The Balaban J connectivity index is 2.01. The predicted octanol–water partition coefficient (Wildman–Crippen LogP) is 3.47. The zero-order chi connectivity index (χ0) is 20.1. The SMILES string of the molecule is C=C1C=C(C#N)C=NN1/C(=C\C)c1cc(NCC#N)c(-c2nnc(C)s2)cn1. The second-order valence-electron chi connectivity index (χ2n) is 5.69. The Labute approximate surface area is 166 Å². The van der Waals surface area contributed by atoms with Gasteiger partial charge in [0.15, 0.2) is 5.01 Å². The highest BCUT2D eigenvalue weighted by Gasteiger charge is 2.19. The van der Waals surface area contributed by atoms with Crippen LogP contribution < -0.4 is 5.32 Å². The van der Waals surface area contributed by atoms with E-state index in [1.807, 2.05) is 32.1 Å². The molecule has 138 valence electrons. The molecule has 1 aliphatic heterocycles. The van der Waals surface area contributed by atoms with E-state index in [-0.39, 0.29) is 6.54 Å². The Morgan fingerprint density at radius 3 is 2.82 bits per heavy atom. The molecule has 0 aromatic carbocycles. The smallest absolute Gasteiger partial charge is 0.151 e. The summed E-state index contributed by atoms with van der Waals surface area (Å²) in [7, 11) is 0. The van der Waals surface area contributed by atoms with Crippen molar-refractivity contribution >= 4 is 28.9 Å². The molecule has 3 heterocycles. The van der Waals surface area contributed by atoms with Crippen LogP contribution in [0, 0.1) is 29.6 Å². The second kappa shape index (κ2) is 8.25. The number of hydrogen-bond acceptors (Lipinski definition) is 9. The zero-order valence-electron chi connectivity index (χ0n) is 15.3. The van der Waals surface area contributed by atoms with Crippen LogP contribution in [0.4, 0.5) is 5.69 Å². The molecule has 0 spiro atoms. The molecule has 0 saturated carbocycles. The van der Waals surface area contributed by atoms with Crippen molar-refractivity contribution in [2.45, 2.75) is 13.8 Å². The lowest BCUT2D eigenvalue weighted by Gasteiger charge is -2.24. The van der Waals surface area contributed by atoms with Gasteiger partial charge in [-0.25, -0.2) is 5.01 Å². The average molecular weight is 388 g/mol. The van der Waals surface area contributed by atoms with Gasteiger partial charge in [-0.05, 0) is 26.0 Å². The maximum Gasteiger partial charge on any atom is 0.151 e. The summed E-state index contributed by atoms with van der Waals surface area (Å²) >= 11 is 1.45. The first kappa shape index (κ1) is 19.0. The van der Waals surface area contributed by atoms with Crippen LogP contribution in [-0.4, -0.2) is 32.9 Å². The van der Waals surface area contributed by atoms with Gasteiger partial charge in [0.05, 0.1) is 40.5 Å². The van der Waals surface area contributed by atoms with Crippen LogP contribution in [0.3, 0.4) is 0 Å². The number of nitrogens with one attached hydrogen (secondary N) is 1. The minimum atomic E-state index is 0.141. The number of aromatic nitrogens is 3. The number of aryl methyl sites for hydroxylation is 1. The molecule has 0 fully saturated rings. The minimum Gasteiger partial charge on any atom is -0.372 e. The fraction of sp³-hybridized carbons (Fsp3) is 0.158. The van der Waals surface area contributed by atoms with Crippen molar-refractivity contribution in [1.82, 2.24) is 20.2 Å². The number of hydrogen-bond donors (Lipinski definition) is 1. The van der Waals surface area contributed by atoms with Crippen LogP contribution >= 0.6 is 11.3 Å². The molecule has 1 aliphatic rings. The molecule has 28 heavy (non-hydrogen) atoms. The van der Waals surface area contributed by atoms with Crippen molar-refractivity contribution in [1.29, 1.82) is 10.5 Å². The highest BCUT2D eigenvalue weighted by molar-refractivity contribution is 7.14. The molecule has 0 atom stereocenters. The monoisotopic (exact) mass is 388 g/mol. The molecule has 1 N–H and O–H groups in total. The minimum absolute atomic E-state index is 0.141. The zero-order valence-corrected chi connectivity index (χ0v) is 16.2. The van der Waals surface area contributed by atoms with Gasteiger partial charge in [-0.1, -0.05) is 24.0 Å². The molecule has 0 unspecified atom stereocenters. The topological polar surface area (TPSA) is 114 Å². The van der Waals surface area contributed by atoms with Gasteiger partial charge in [0, 0.05) is 11.9 Å². The van der Waals surface area contributed by atoms with Crippen LogP contribution in [0.15, 0.2) is 47.4 Å². The number of nitriles is 2. The molecule has 2 aromatic heterocycles. The summed E-state index contributed by atoms with van der Waals surface area (Å²) in [6, 6.07) is 5.97. The maximum atomic E-state index is 9.03. The van der Waals surface area contributed by atoms with E-state index in [0.717, 1.165) is 21.3 Å². The van der Waals surface area contributed by atoms with Gasteiger partial charge in [0.1, 0.15) is 17.6 Å².